The van der Waals surface area contributed by atoms with Gasteiger partial charge in [-0.15, -0.1) is 0 Å². The molecule has 1 amide bonds. The highest BCUT2D eigenvalue weighted by molar-refractivity contribution is 5.93. The number of carbonyl (C=O) groups is 1. The van der Waals surface area contributed by atoms with Crippen LogP contribution in [0.1, 0.15) is 37.8 Å². The summed E-state index contributed by atoms with van der Waals surface area (Å²) in [5.74, 6) is 3.55. The maximum atomic E-state index is 13.8. The number of halogens is 2. The van der Waals surface area contributed by atoms with Gasteiger partial charge in [-0.25, -0.2) is 8.78 Å². The molecule has 0 N–H and O–H groups in total. The highest BCUT2D eigenvalue weighted by atomic mass is 19.1. The lowest BCUT2D eigenvalue weighted by molar-refractivity contribution is -0.128. The smallest absolute Gasteiger partial charge is 0.298 e. The molecule has 1 saturated heterocycles. The van der Waals surface area contributed by atoms with Crippen molar-refractivity contribution in [1.29, 1.82) is 0 Å². The first-order chi connectivity index (χ1) is 9.13. The molecule has 2 nitrogen and oxygen atoms in total. The van der Waals surface area contributed by atoms with Crippen LogP contribution in [-0.2, 0) is 4.79 Å². The molecular weight excluding hydrogens is 248 g/mol. The van der Waals surface area contributed by atoms with Crippen LogP contribution in [0.4, 0.5) is 8.78 Å². The summed E-state index contributed by atoms with van der Waals surface area (Å²) in [5, 5.41) is 0. The molecule has 1 heterocycles. The Hall–Kier alpha value is -1.89. The van der Waals surface area contributed by atoms with Gasteiger partial charge in [-0.1, -0.05) is 12.0 Å². The summed E-state index contributed by atoms with van der Waals surface area (Å²) in [7, 11) is 0. The van der Waals surface area contributed by atoms with E-state index in [1.165, 1.54) is 12.1 Å². The molecule has 0 aliphatic carbocycles. The Balaban J connectivity index is 2.33. The van der Waals surface area contributed by atoms with Gasteiger partial charge in [0.25, 0.3) is 5.91 Å². The number of carbonyl (C=O) groups excluding carboxylic acids is 1. The molecule has 0 saturated carbocycles. The minimum absolute atomic E-state index is 0.295. The fourth-order valence-corrected chi connectivity index (χ4v) is 2.45. The summed E-state index contributed by atoms with van der Waals surface area (Å²) in [6.07, 6.45) is 2.49. The third kappa shape index (κ3) is 2.93. The van der Waals surface area contributed by atoms with Crippen molar-refractivity contribution in [3.8, 4) is 11.8 Å². The van der Waals surface area contributed by atoms with E-state index < -0.39 is 11.6 Å². The second-order valence-corrected chi connectivity index (χ2v) is 4.55. The molecule has 0 bridgehead atoms. The van der Waals surface area contributed by atoms with Crippen molar-refractivity contribution in [2.24, 2.45) is 0 Å². The summed E-state index contributed by atoms with van der Waals surface area (Å²) in [5.41, 5.74) is 0.368. The Morgan fingerprint density at radius 2 is 2.16 bits per heavy atom. The SMILES string of the molecule is CC#CC(=O)N1CCCCC1c1ccc(F)cc1F. The molecule has 100 valence electrons. The summed E-state index contributed by atoms with van der Waals surface area (Å²) >= 11 is 0. The quantitative estimate of drug-likeness (QED) is 0.713. The van der Waals surface area contributed by atoms with E-state index in [4.69, 9.17) is 0 Å². The van der Waals surface area contributed by atoms with Crippen molar-refractivity contribution in [3.05, 3.63) is 35.4 Å². The van der Waals surface area contributed by atoms with Crippen molar-refractivity contribution in [2.75, 3.05) is 6.54 Å². The first-order valence-corrected chi connectivity index (χ1v) is 6.32. The normalized spacial score (nSPS) is 18.7. The molecular formula is C15H15F2NO. The van der Waals surface area contributed by atoms with Crippen LogP contribution < -0.4 is 0 Å². The highest BCUT2D eigenvalue weighted by Gasteiger charge is 2.29. The van der Waals surface area contributed by atoms with E-state index in [9.17, 15) is 13.6 Å². The molecule has 1 fully saturated rings. The van der Waals surface area contributed by atoms with Crippen LogP contribution in [0.25, 0.3) is 0 Å². The molecule has 1 atom stereocenters. The van der Waals surface area contributed by atoms with Gasteiger partial charge < -0.3 is 4.90 Å². The zero-order valence-corrected chi connectivity index (χ0v) is 10.7. The highest BCUT2D eigenvalue weighted by Crippen LogP contribution is 2.32. The van der Waals surface area contributed by atoms with Crippen LogP contribution in [0, 0.1) is 23.5 Å². The average molecular weight is 263 g/mol. The predicted octanol–water partition coefficient (Wildman–Crippen LogP) is 3.04. The largest absolute Gasteiger partial charge is 0.325 e. The zero-order chi connectivity index (χ0) is 13.8. The average Bonchev–Trinajstić information content (AvgIpc) is 2.39. The number of nitrogens with zero attached hydrogens (tertiary/aromatic N) is 1. The summed E-state index contributed by atoms with van der Waals surface area (Å²) in [6, 6.07) is 3.15. The second-order valence-electron chi connectivity index (χ2n) is 4.55. The Kier molecular flexibility index (Phi) is 4.16. The van der Waals surface area contributed by atoms with Gasteiger partial charge in [-0.05, 0) is 38.2 Å². The Morgan fingerprint density at radius 3 is 2.84 bits per heavy atom. The summed E-state index contributed by atoms with van der Waals surface area (Å²) in [4.78, 5) is 13.5. The molecule has 0 spiro atoms. The molecule has 4 heteroatoms. The molecule has 0 radical (unpaired) electrons. The van der Waals surface area contributed by atoms with Crippen molar-refractivity contribution in [3.63, 3.8) is 0 Å². The second kappa shape index (κ2) is 5.83. The number of hydrogen-bond acceptors (Lipinski definition) is 1. The molecule has 1 unspecified atom stereocenters. The Labute approximate surface area is 111 Å². The fraction of sp³-hybridized carbons (Fsp3) is 0.400. The summed E-state index contributed by atoms with van der Waals surface area (Å²) in [6.45, 7) is 2.16. The van der Waals surface area contributed by atoms with E-state index in [2.05, 4.69) is 11.8 Å². The monoisotopic (exact) mass is 263 g/mol. The third-order valence-corrected chi connectivity index (χ3v) is 3.32. The maximum absolute atomic E-state index is 13.8. The standard InChI is InChI=1S/C15H15F2NO/c1-2-5-15(19)18-9-4-3-6-14(18)12-8-7-11(16)10-13(12)17/h7-8,10,14H,3-4,6,9H2,1H3. The van der Waals surface area contributed by atoms with E-state index in [0.717, 1.165) is 18.9 Å². The minimum atomic E-state index is -0.608. The molecule has 1 aromatic rings. The van der Waals surface area contributed by atoms with Crippen LogP contribution in [0.2, 0.25) is 0 Å². The van der Waals surface area contributed by atoms with Crippen LogP contribution >= 0.6 is 0 Å². The van der Waals surface area contributed by atoms with Crippen LogP contribution in [0.5, 0.6) is 0 Å². The van der Waals surface area contributed by atoms with E-state index in [1.54, 1.807) is 11.8 Å². The third-order valence-electron chi connectivity index (χ3n) is 3.32. The van der Waals surface area contributed by atoms with Crippen LogP contribution in [0.15, 0.2) is 18.2 Å². The maximum Gasteiger partial charge on any atom is 0.298 e. The van der Waals surface area contributed by atoms with Gasteiger partial charge in [0.05, 0.1) is 6.04 Å². The lowest BCUT2D eigenvalue weighted by atomic mass is 9.94. The Morgan fingerprint density at radius 1 is 1.37 bits per heavy atom. The first kappa shape index (κ1) is 13.5. The van der Waals surface area contributed by atoms with Crippen LogP contribution in [-0.4, -0.2) is 17.4 Å². The summed E-state index contributed by atoms with van der Waals surface area (Å²) < 4.78 is 26.8. The number of hydrogen-bond donors (Lipinski definition) is 0. The molecule has 2 rings (SSSR count). The fourth-order valence-electron chi connectivity index (χ4n) is 2.45. The zero-order valence-electron chi connectivity index (χ0n) is 10.7. The van der Waals surface area contributed by atoms with Gasteiger partial charge in [-0.3, -0.25) is 4.79 Å². The molecule has 19 heavy (non-hydrogen) atoms. The number of rotatable bonds is 1. The number of likely N-dealkylation sites (tertiary alicyclic amines) is 1. The van der Waals surface area contributed by atoms with Gasteiger partial charge in [0.15, 0.2) is 0 Å². The van der Waals surface area contributed by atoms with Crippen molar-refractivity contribution in [2.45, 2.75) is 32.2 Å². The van der Waals surface area contributed by atoms with Crippen LogP contribution in [0.3, 0.4) is 0 Å². The molecule has 1 aliphatic rings. The lowest BCUT2D eigenvalue weighted by Crippen LogP contribution is -2.38. The van der Waals surface area contributed by atoms with E-state index in [0.29, 0.717) is 18.5 Å². The molecule has 1 aliphatic heterocycles. The molecule has 0 aromatic heterocycles. The van der Waals surface area contributed by atoms with Gasteiger partial charge >= 0.3 is 0 Å². The minimum Gasteiger partial charge on any atom is -0.325 e. The predicted molar refractivity (Wildman–Crippen MR) is 68.1 cm³/mol. The first-order valence-electron chi connectivity index (χ1n) is 6.32. The van der Waals surface area contributed by atoms with E-state index >= 15 is 0 Å². The molecule has 1 aromatic carbocycles. The lowest BCUT2D eigenvalue weighted by Gasteiger charge is -2.34. The van der Waals surface area contributed by atoms with Gasteiger partial charge in [0.2, 0.25) is 0 Å². The van der Waals surface area contributed by atoms with E-state index in [-0.39, 0.29) is 11.9 Å². The van der Waals surface area contributed by atoms with Gasteiger partial charge in [-0.2, -0.15) is 0 Å². The number of amides is 1. The number of piperidine rings is 1. The van der Waals surface area contributed by atoms with E-state index in [1.807, 2.05) is 0 Å². The van der Waals surface area contributed by atoms with Crippen molar-refractivity contribution in [1.82, 2.24) is 4.90 Å². The van der Waals surface area contributed by atoms with Crippen molar-refractivity contribution < 1.29 is 13.6 Å². The topological polar surface area (TPSA) is 20.3 Å². The van der Waals surface area contributed by atoms with Gasteiger partial charge in [0, 0.05) is 18.2 Å². The Bertz CT molecular complexity index is 545. The number of benzene rings is 1. The van der Waals surface area contributed by atoms with Gasteiger partial charge in [0.1, 0.15) is 11.6 Å². The van der Waals surface area contributed by atoms with Crippen molar-refractivity contribution >= 4 is 5.91 Å².